The molecule has 3 rings (SSSR count). The first-order chi connectivity index (χ1) is 14.7. The quantitative estimate of drug-likeness (QED) is 0.378. The van der Waals surface area contributed by atoms with E-state index in [1.54, 1.807) is 0 Å². The molecular weight excluding hydrogens is 376 g/mol. The Hall–Kier alpha value is -2.57. The van der Waals surface area contributed by atoms with Gasteiger partial charge in [0.25, 0.3) is 0 Å². The minimum Gasteiger partial charge on any atom is -0.492 e. The number of aryl methyl sites for hydroxylation is 1. The molecule has 1 aliphatic heterocycles. The number of hydrogen-bond acceptors (Lipinski definition) is 4. The maximum atomic E-state index is 5.77. The highest BCUT2D eigenvalue weighted by Crippen LogP contribution is 2.11. The lowest BCUT2D eigenvalue weighted by molar-refractivity contribution is 0.0342. The van der Waals surface area contributed by atoms with E-state index in [2.05, 4.69) is 65.8 Å². The summed E-state index contributed by atoms with van der Waals surface area (Å²) in [5.74, 6) is 1.70. The van der Waals surface area contributed by atoms with E-state index >= 15 is 0 Å². The van der Waals surface area contributed by atoms with Crippen molar-refractivity contribution in [2.24, 2.45) is 4.99 Å². The second-order valence-corrected chi connectivity index (χ2v) is 7.49. The van der Waals surface area contributed by atoms with E-state index in [4.69, 9.17) is 14.5 Å². The third-order valence-corrected chi connectivity index (χ3v) is 4.98. The molecular formula is C24H34N4O2. The van der Waals surface area contributed by atoms with Crippen molar-refractivity contribution in [3.05, 3.63) is 65.2 Å². The summed E-state index contributed by atoms with van der Waals surface area (Å²) in [6.45, 7) is 11.6. The van der Waals surface area contributed by atoms with Crippen molar-refractivity contribution in [2.75, 3.05) is 46.0 Å². The molecule has 6 heteroatoms. The maximum Gasteiger partial charge on any atom is 0.191 e. The van der Waals surface area contributed by atoms with Gasteiger partial charge in [-0.1, -0.05) is 42.0 Å². The Bertz CT molecular complexity index is 769. The summed E-state index contributed by atoms with van der Waals surface area (Å²) in [5, 5.41) is 6.62. The van der Waals surface area contributed by atoms with Crippen LogP contribution in [0.3, 0.4) is 0 Å². The van der Waals surface area contributed by atoms with Crippen molar-refractivity contribution < 1.29 is 9.47 Å². The monoisotopic (exact) mass is 410 g/mol. The van der Waals surface area contributed by atoms with E-state index in [1.807, 2.05) is 12.1 Å². The van der Waals surface area contributed by atoms with Gasteiger partial charge in [0.15, 0.2) is 5.96 Å². The van der Waals surface area contributed by atoms with Crippen molar-refractivity contribution >= 4 is 5.96 Å². The van der Waals surface area contributed by atoms with Gasteiger partial charge < -0.3 is 20.1 Å². The number of benzene rings is 2. The summed E-state index contributed by atoms with van der Waals surface area (Å²) < 4.78 is 11.2. The summed E-state index contributed by atoms with van der Waals surface area (Å²) in [7, 11) is 0. The first-order valence-electron chi connectivity index (χ1n) is 10.8. The number of aliphatic imine (C=N–C) groups is 1. The molecule has 2 aromatic carbocycles. The number of nitrogens with zero attached hydrogens (tertiary/aromatic N) is 2. The van der Waals surface area contributed by atoms with Crippen LogP contribution in [-0.4, -0.2) is 56.9 Å². The van der Waals surface area contributed by atoms with Crippen molar-refractivity contribution in [3.8, 4) is 5.75 Å². The molecule has 1 heterocycles. The predicted molar refractivity (Wildman–Crippen MR) is 122 cm³/mol. The number of morpholine rings is 1. The van der Waals surface area contributed by atoms with E-state index < -0.39 is 0 Å². The highest BCUT2D eigenvalue weighted by Gasteiger charge is 2.10. The molecule has 0 amide bonds. The normalized spacial score (nSPS) is 15.1. The molecule has 0 aromatic heterocycles. The molecule has 1 aliphatic rings. The fourth-order valence-electron chi connectivity index (χ4n) is 3.25. The third-order valence-electron chi connectivity index (χ3n) is 4.98. The van der Waals surface area contributed by atoms with Crippen molar-refractivity contribution in [3.63, 3.8) is 0 Å². The predicted octanol–water partition coefficient (Wildman–Crippen LogP) is 2.96. The van der Waals surface area contributed by atoms with Crippen LogP contribution in [0.5, 0.6) is 5.75 Å². The first kappa shape index (κ1) is 22.1. The fourth-order valence-corrected chi connectivity index (χ4v) is 3.25. The SMILES string of the molecule is CCNC(=NCc1ccc(CN2CCOCC2)cc1)NCCOc1ccc(C)cc1. The second-order valence-electron chi connectivity index (χ2n) is 7.49. The molecule has 1 fully saturated rings. The number of hydrogen-bond donors (Lipinski definition) is 2. The van der Waals surface area contributed by atoms with E-state index in [0.29, 0.717) is 19.7 Å². The zero-order chi connectivity index (χ0) is 21.0. The van der Waals surface area contributed by atoms with Crippen molar-refractivity contribution in [2.45, 2.75) is 26.9 Å². The van der Waals surface area contributed by atoms with Gasteiger partial charge in [-0.3, -0.25) is 4.90 Å². The van der Waals surface area contributed by atoms with Crippen LogP contribution in [0.25, 0.3) is 0 Å². The smallest absolute Gasteiger partial charge is 0.191 e. The Labute approximate surface area is 180 Å². The summed E-state index contributed by atoms with van der Waals surface area (Å²) >= 11 is 0. The molecule has 6 nitrogen and oxygen atoms in total. The number of nitrogens with one attached hydrogen (secondary N) is 2. The molecule has 0 bridgehead atoms. The lowest BCUT2D eigenvalue weighted by atomic mass is 10.1. The van der Waals surface area contributed by atoms with Gasteiger partial charge in [-0.05, 0) is 37.1 Å². The van der Waals surface area contributed by atoms with E-state index in [1.165, 1.54) is 16.7 Å². The number of rotatable bonds is 9. The average Bonchev–Trinajstić information content (AvgIpc) is 2.78. The van der Waals surface area contributed by atoms with Crippen molar-refractivity contribution in [1.29, 1.82) is 0 Å². The zero-order valence-corrected chi connectivity index (χ0v) is 18.2. The Morgan fingerprint density at radius 2 is 1.70 bits per heavy atom. The number of guanidine groups is 1. The van der Waals surface area contributed by atoms with Gasteiger partial charge in [0.1, 0.15) is 12.4 Å². The second kappa shape index (κ2) is 12.2. The highest BCUT2D eigenvalue weighted by molar-refractivity contribution is 5.79. The third kappa shape index (κ3) is 7.69. The van der Waals surface area contributed by atoms with E-state index in [-0.39, 0.29) is 0 Å². The Morgan fingerprint density at radius 1 is 1.00 bits per heavy atom. The van der Waals surface area contributed by atoms with Gasteiger partial charge in [-0.2, -0.15) is 0 Å². The van der Waals surface area contributed by atoms with Crippen LogP contribution in [0.2, 0.25) is 0 Å². The van der Waals surface area contributed by atoms with Gasteiger partial charge in [-0.15, -0.1) is 0 Å². The van der Waals surface area contributed by atoms with Crippen LogP contribution in [0, 0.1) is 6.92 Å². The first-order valence-corrected chi connectivity index (χ1v) is 10.8. The summed E-state index contributed by atoms with van der Waals surface area (Å²) in [6.07, 6.45) is 0. The Morgan fingerprint density at radius 3 is 2.40 bits per heavy atom. The largest absolute Gasteiger partial charge is 0.492 e. The van der Waals surface area contributed by atoms with Crippen molar-refractivity contribution in [1.82, 2.24) is 15.5 Å². The number of ether oxygens (including phenoxy) is 2. The van der Waals surface area contributed by atoms with E-state index in [0.717, 1.165) is 51.1 Å². The lowest BCUT2D eigenvalue weighted by Crippen LogP contribution is -2.39. The molecule has 162 valence electrons. The van der Waals surface area contributed by atoms with Crippen LogP contribution in [0.4, 0.5) is 0 Å². The van der Waals surface area contributed by atoms with Gasteiger partial charge in [-0.25, -0.2) is 4.99 Å². The lowest BCUT2D eigenvalue weighted by Gasteiger charge is -2.26. The molecule has 0 radical (unpaired) electrons. The van der Waals surface area contributed by atoms with E-state index in [9.17, 15) is 0 Å². The zero-order valence-electron chi connectivity index (χ0n) is 18.2. The summed E-state index contributed by atoms with van der Waals surface area (Å²) in [5.41, 5.74) is 3.77. The molecule has 0 aliphatic carbocycles. The van der Waals surface area contributed by atoms with Gasteiger partial charge >= 0.3 is 0 Å². The van der Waals surface area contributed by atoms with Crippen LogP contribution in [0.1, 0.15) is 23.6 Å². The molecule has 0 spiro atoms. The molecule has 30 heavy (non-hydrogen) atoms. The van der Waals surface area contributed by atoms with Crippen LogP contribution in [-0.2, 0) is 17.8 Å². The molecule has 2 N–H and O–H groups in total. The van der Waals surface area contributed by atoms with Gasteiger partial charge in [0.05, 0.1) is 26.3 Å². The summed E-state index contributed by atoms with van der Waals surface area (Å²) in [4.78, 5) is 7.13. The minimum absolute atomic E-state index is 0.587. The Kier molecular flexibility index (Phi) is 9.00. The topological polar surface area (TPSA) is 58.1 Å². The van der Waals surface area contributed by atoms with Gasteiger partial charge in [0, 0.05) is 26.2 Å². The maximum absolute atomic E-state index is 5.77. The minimum atomic E-state index is 0.587. The van der Waals surface area contributed by atoms with Crippen LogP contribution >= 0.6 is 0 Å². The fraction of sp³-hybridized carbons (Fsp3) is 0.458. The summed E-state index contributed by atoms with van der Waals surface area (Å²) in [6, 6.07) is 16.9. The van der Waals surface area contributed by atoms with Crippen LogP contribution < -0.4 is 15.4 Å². The molecule has 2 aromatic rings. The Balaban J connectivity index is 1.43. The standard InChI is InChI=1S/C24H34N4O2/c1-3-25-24(26-12-15-30-23-10-4-20(2)5-11-23)27-18-21-6-8-22(9-7-21)19-28-13-16-29-17-14-28/h4-11H,3,12-19H2,1-2H3,(H2,25,26,27). The van der Waals surface area contributed by atoms with Gasteiger partial charge in [0.2, 0.25) is 0 Å². The molecule has 1 saturated heterocycles. The average molecular weight is 411 g/mol. The molecule has 0 saturated carbocycles. The molecule has 0 atom stereocenters. The van der Waals surface area contributed by atoms with Crippen LogP contribution in [0.15, 0.2) is 53.5 Å². The molecule has 0 unspecified atom stereocenters. The highest BCUT2D eigenvalue weighted by atomic mass is 16.5.